The van der Waals surface area contributed by atoms with E-state index in [0.29, 0.717) is 0 Å². The van der Waals surface area contributed by atoms with Gasteiger partial charge in [-0.25, -0.2) is 0 Å². The molecule has 0 heterocycles. The molecule has 1 unspecified atom stereocenters. The van der Waals surface area contributed by atoms with Gasteiger partial charge >= 0.3 is 29.6 Å². The van der Waals surface area contributed by atoms with Crippen LogP contribution in [-0.2, 0) is 9.53 Å². The molecule has 16 heavy (non-hydrogen) atoms. The summed E-state index contributed by atoms with van der Waals surface area (Å²) in [6.07, 6.45) is -9.56. The molecule has 0 fully saturated rings. The average Bonchev–Trinajstić information content (AvgIpc) is 2.25. The Morgan fingerprint density at radius 2 is 1.50 bits per heavy atom. The first kappa shape index (κ1) is 18.6. The molecule has 9 heteroatoms. The molecule has 6 N–H and O–H groups in total. The van der Waals surface area contributed by atoms with Crippen molar-refractivity contribution < 1.29 is 40.2 Å². The Hall–Kier alpha value is 0.230. The third-order valence-corrected chi connectivity index (χ3v) is 1.77. The quantitative estimate of drug-likeness (QED) is 0.150. The summed E-state index contributed by atoms with van der Waals surface area (Å²) in [5.41, 5.74) is 0. The fourth-order valence-electron chi connectivity index (χ4n) is 0.844. The summed E-state index contributed by atoms with van der Waals surface area (Å²) in [6, 6.07) is 0. The molecular formula is C7H15NaO8. The number of aliphatic hydroxyl groups excluding tert-OH is 6. The zero-order chi connectivity index (χ0) is 12.0. The first-order valence-electron chi connectivity index (χ1n) is 4.06. The molecule has 92 valence electrons. The van der Waals surface area contributed by atoms with Crippen LogP contribution in [0.2, 0.25) is 0 Å². The number of hydrogen-bond donors (Lipinski definition) is 6. The van der Waals surface area contributed by atoms with Gasteiger partial charge in [0.15, 0.2) is 0 Å². The van der Waals surface area contributed by atoms with E-state index in [-0.39, 0.29) is 36.0 Å². The number of ether oxygens (including phenoxy) is 1. The van der Waals surface area contributed by atoms with E-state index >= 15 is 0 Å². The number of hydrogen-bond acceptors (Lipinski definition) is 8. The SMILES string of the molecule is O=COC(O)[C@@H](O)[C@@H](O)[C@H](O)[C@H](O)CO.[NaH]. The van der Waals surface area contributed by atoms with Crippen molar-refractivity contribution >= 4 is 36.0 Å². The zero-order valence-corrected chi connectivity index (χ0v) is 7.67. The molecule has 0 saturated carbocycles. The molecule has 0 aromatic carbocycles. The van der Waals surface area contributed by atoms with Crippen molar-refractivity contribution in [3.05, 3.63) is 0 Å². The molecule has 0 saturated heterocycles. The molecule has 0 bridgehead atoms. The second-order valence-electron chi connectivity index (χ2n) is 2.84. The van der Waals surface area contributed by atoms with Gasteiger partial charge in [-0.3, -0.25) is 4.79 Å². The second kappa shape index (κ2) is 9.28. The summed E-state index contributed by atoms with van der Waals surface area (Å²) in [6.45, 7) is -0.995. The van der Waals surface area contributed by atoms with Crippen molar-refractivity contribution in [2.75, 3.05) is 6.61 Å². The van der Waals surface area contributed by atoms with Crippen LogP contribution in [0.1, 0.15) is 0 Å². The van der Waals surface area contributed by atoms with Crippen LogP contribution in [0.3, 0.4) is 0 Å². The summed E-state index contributed by atoms with van der Waals surface area (Å²) in [7, 11) is 0. The summed E-state index contributed by atoms with van der Waals surface area (Å²) < 4.78 is 3.90. The molecule has 5 atom stereocenters. The third kappa shape index (κ3) is 5.53. The van der Waals surface area contributed by atoms with E-state index < -0.39 is 37.3 Å². The molecular weight excluding hydrogens is 235 g/mol. The Balaban J connectivity index is 0. The summed E-state index contributed by atoms with van der Waals surface area (Å²) in [5.74, 6) is 0. The molecule has 0 aromatic heterocycles. The van der Waals surface area contributed by atoms with E-state index in [1.54, 1.807) is 0 Å². The fourth-order valence-corrected chi connectivity index (χ4v) is 0.844. The number of rotatable bonds is 7. The molecule has 0 spiro atoms. The van der Waals surface area contributed by atoms with E-state index in [2.05, 4.69) is 4.74 Å². The van der Waals surface area contributed by atoms with Crippen LogP contribution in [0.25, 0.3) is 0 Å². The van der Waals surface area contributed by atoms with E-state index in [0.717, 1.165) is 0 Å². The van der Waals surface area contributed by atoms with E-state index in [4.69, 9.17) is 30.6 Å². The first-order valence-corrected chi connectivity index (χ1v) is 4.06. The fraction of sp³-hybridized carbons (Fsp3) is 0.857. The van der Waals surface area contributed by atoms with Crippen molar-refractivity contribution in [3.8, 4) is 0 Å². The van der Waals surface area contributed by atoms with E-state index in [1.807, 2.05) is 0 Å². The van der Waals surface area contributed by atoms with Crippen molar-refractivity contribution in [2.24, 2.45) is 0 Å². The summed E-state index contributed by atoms with van der Waals surface area (Å²) in [5, 5.41) is 53.5. The standard InChI is InChI=1S/C7H14O8.Na.H/c8-1-3(10)4(11)5(12)6(13)7(14)15-2-9;;/h2-8,10-14H,1H2;;/t3-,4-,5+,6+,7?;;/m1../s1. The van der Waals surface area contributed by atoms with Crippen molar-refractivity contribution in [2.45, 2.75) is 30.7 Å². The molecule has 0 aliphatic carbocycles. The normalized spacial score (nSPS) is 19.9. The average molecular weight is 250 g/mol. The van der Waals surface area contributed by atoms with Gasteiger partial charge in [0.05, 0.1) is 6.61 Å². The number of carbonyl (C=O) groups is 1. The predicted octanol–water partition coefficient (Wildman–Crippen LogP) is -4.73. The minimum absolute atomic E-state index is 0. The summed E-state index contributed by atoms with van der Waals surface area (Å²) >= 11 is 0. The van der Waals surface area contributed by atoms with Gasteiger partial charge in [0.25, 0.3) is 6.47 Å². The first-order chi connectivity index (χ1) is 6.95. The van der Waals surface area contributed by atoms with Crippen LogP contribution in [0.15, 0.2) is 0 Å². The number of aliphatic hydroxyl groups is 6. The molecule has 0 aliphatic heterocycles. The van der Waals surface area contributed by atoms with Gasteiger partial charge in [-0.05, 0) is 0 Å². The third-order valence-electron chi connectivity index (χ3n) is 1.77. The van der Waals surface area contributed by atoms with Crippen LogP contribution in [-0.4, -0.2) is 104 Å². The van der Waals surface area contributed by atoms with Crippen molar-refractivity contribution in [3.63, 3.8) is 0 Å². The molecule has 0 aromatic rings. The van der Waals surface area contributed by atoms with Gasteiger partial charge < -0.3 is 35.4 Å². The van der Waals surface area contributed by atoms with Gasteiger partial charge in [0, 0.05) is 0 Å². The molecule has 0 amide bonds. The topological polar surface area (TPSA) is 148 Å². The zero-order valence-electron chi connectivity index (χ0n) is 7.67. The Kier molecular flexibility index (Phi) is 10.8. The van der Waals surface area contributed by atoms with E-state index in [9.17, 15) is 4.79 Å². The van der Waals surface area contributed by atoms with Gasteiger partial charge in [-0.1, -0.05) is 0 Å². The van der Waals surface area contributed by atoms with E-state index in [1.165, 1.54) is 0 Å². The molecule has 8 nitrogen and oxygen atoms in total. The van der Waals surface area contributed by atoms with Gasteiger partial charge in [-0.2, -0.15) is 0 Å². The van der Waals surface area contributed by atoms with Crippen molar-refractivity contribution in [1.29, 1.82) is 0 Å². The Labute approximate surface area is 113 Å². The number of carbonyl (C=O) groups excluding carboxylic acids is 1. The van der Waals surface area contributed by atoms with Crippen LogP contribution >= 0.6 is 0 Å². The van der Waals surface area contributed by atoms with Gasteiger partial charge in [0.2, 0.25) is 6.29 Å². The minimum atomic E-state index is -2.03. The van der Waals surface area contributed by atoms with Gasteiger partial charge in [-0.15, -0.1) is 0 Å². The van der Waals surface area contributed by atoms with Crippen LogP contribution in [0.5, 0.6) is 0 Å². The van der Waals surface area contributed by atoms with Crippen LogP contribution < -0.4 is 0 Å². The molecule has 0 rings (SSSR count). The Bertz CT molecular complexity index is 191. The maximum absolute atomic E-state index is 9.78. The summed E-state index contributed by atoms with van der Waals surface area (Å²) in [4.78, 5) is 9.78. The second-order valence-corrected chi connectivity index (χ2v) is 2.84. The van der Waals surface area contributed by atoms with Crippen LogP contribution in [0.4, 0.5) is 0 Å². The Morgan fingerprint density at radius 3 is 1.88 bits per heavy atom. The van der Waals surface area contributed by atoms with Gasteiger partial charge in [0.1, 0.15) is 24.4 Å². The molecule has 0 radical (unpaired) electrons. The Morgan fingerprint density at radius 1 is 1.00 bits per heavy atom. The van der Waals surface area contributed by atoms with Crippen molar-refractivity contribution in [1.82, 2.24) is 0 Å². The van der Waals surface area contributed by atoms with Crippen LogP contribution in [0, 0.1) is 0 Å². The monoisotopic (exact) mass is 250 g/mol. The molecule has 0 aliphatic rings. The predicted molar refractivity (Wildman–Crippen MR) is 51.4 cm³/mol. The maximum atomic E-state index is 9.78.